The van der Waals surface area contributed by atoms with E-state index in [1.165, 1.54) is 12.1 Å². The third kappa shape index (κ3) is 6.31. The number of ether oxygens (including phenoxy) is 1. The standard InChI is InChI=1S/C20H25FN2O4S/c1-3-19(23(28(2,25)26)18-11-9-17(21)10-12-18)20(24)22-13-14-27-15-16-7-5-4-6-8-16/h4-12,19H,3,13-15H2,1-2H3,(H,22,24)/t19-/m0/s1. The molecular weight excluding hydrogens is 383 g/mol. The lowest BCUT2D eigenvalue weighted by Crippen LogP contribution is -2.49. The Balaban J connectivity index is 1.96. The lowest BCUT2D eigenvalue weighted by atomic mass is 10.2. The van der Waals surface area contributed by atoms with Gasteiger partial charge in [-0.05, 0) is 36.2 Å². The van der Waals surface area contributed by atoms with Crippen molar-refractivity contribution in [3.63, 3.8) is 0 Å². The number of amides is 1. The molecule has 0 unspecified atom stereocenters. The van der Waals surface area contributed by atoms with E-state index in [2.05, 4.69) is 5.32 Å². The molecule has 2 aromatic rings. The van der Waals surface area contributed by atoms with Gasteiger partial charge in [0, 0.05) is 6.54 Å². The quantitative estimate of drug-likeness (QED) is 0.614. The molecule has 6 nitrogen and oxygen atoms in total. The maximum Gasteiger partial charge on any atom is 0.243 e. The van der Waals surface area contributed by atoms with E-state index in [-0.39, 0.29) is 18.7 Å². The third-order valence-corrected chi connectivity index (χ3v) is 5.25. The zero-order valence-corrected chi connectivity index (χ0v) is 16.8. The van der Waals surface area contributed by atoms with E-state index in [1.807, 2.05) is 30.3 Å². The largest absolute Gasteiger partial charge is 0.375 e. The van der Waals surface area contributed by atoms with Gasteiger partial charge in [-0.1, -0.05) is 37.3 Å². The van der Waals surface area contributed by atoms with Crippen LogP contribution in [0.2, 0.25) is 0 Å². The van der Waals surface area contributed by atoms with Crippen LogP contribution < -0.4 is 9.62 Å². The topological polar surface area (TPSA) is 75.7 Å². The van der Waals surface area contributed by atoms with Crippen LogP contribution in [0.5, 0.6) is 0 Å². The number of hydrogen-bond donors (Lipinski definition) is 1. The van der Waals surface area contributed by atoms with E-state index < -0.39 is 27.8 Å². The molecule has 0 radical (unpaired) electrons. The van der Waals surface area contributed by atoms with Crippen molar-refractivity contribution in [2.24, 2.45) is 0 Å². The van der Waals surface area contributed by atoms with E-state index >= 15 is 0 Å². The van der Waals surface area contributed by atoms with Crippen LogP contribution in [0.4, 0.5) is 10.1 Å². The van der Waals surface area contributed by atoms with E-state index in [0.29, 0.717) is 13.2 Å². The van der Waals surface area contributed by atoms with E-state index in [9.17, 15) is 17.6 Å². The van der Waals surface area contributed by atoms with Gasteiger partial charge >= 0.3 is 0 Å². The number of benzene rings is 2. The summed E-state index contributed by atoms with van der Waals surface area (Å²) in [6.07, 6.45) is 1.29. The Morgan fingerprint density at radius 3 is 2.36 bits per heavy atom. The van der Waals surface area contributed by atoms with Crippen molar-refractivity contribution in [2.75, 3.05) is 23.7 Å². The Morgan fingerprint density at radius 2 is 1.79 bits per heavy atom. The molecule has 0 aromatic heterocycles. The molecule has 2 aromatic carbocycles. The first kappa shape index (κ1) is 21.8. The van der Waals surface area contributed by atoms with Crippen LogP contribution in [0.25, 0.3) is 0 Å². The number of carbonyl (C=O) groups is 1. The van der Waals surface area contributed by atoms with Gasteiger partial charge in [0.2, 0.25) is 15.9 Å². The van der Waals surface area contributed by atoms with Gasteiger partial charge in [-0.3, -0.25) is 9.10 Å². The number of carbonyl (C=O) groups excluding carboxylic acids is 1. The maximum absolute atomic E-state index is 13.2. The number of hydrogen-bond acceptors (Lipinski definition) is 4. The molecule has 152 valence electrons. The molecule has 0 aliphatic carbocycles. The number of rotatable bonds is 10. The second-order valence-electron chi connectivity index (χ2n) is 6.29. The van der Waals surface area contributed by atoms with Crippen LogP contribution in [0.15, 0.2) is 54.6 Å². The third-order valence-electron chi connectivity index (χ3n) is 4.07. The van der Waals surface area contributed by atoms with Gasteiger partial charge < -0.3 is 10.1 Å². The smallest absolute Gasteiger partial charge is 0.243 e. The summed E-state index contributed by atoms with van der Waals surface area (Å²) in [5, 5.41) is 2.71. The SMILES string of the molecule is CC[C@@H](C(=O)NCCOCc1ccccc1)N(c1ccc(F)cc1)S(C)(=O)=O. The number of nitrogens with zero attached hydrogens (tertiary/aromatic N) is 1. The summed E-state index contributed by atoms with van der Waals surface area (Å²) < 4.78 is 44.3. The second kappa shape index (κ2) is 10.2. The monoisotopic (exact) mass is 408 g/mol. The number of sulfonamides is 1. The van der Waals surface area contributed by atoms with Crippen molar-refractivity contribution in [3.8, 4) is 0 Å². The number of nitrogens with one attached hydrogen (secondary N) is 1. The van der Waals surface area contributed by atoms with Gasteiger partial charge in [0.15, 0.2) is 0 Å². The van der Waals surface area contributed by atoms with Crippen LogP contribution in [-0.2, 0) is 26.2 Å². The first-order chi connectivity index (χ1) is 13.3. The highest BCUT2D eigenvalue weighted by Gasteiger charge is 2.31. The molecule has 0 saturated heterocycles. The summed E-state index contributed by atoms with van der Waals surface area (Å²) in [5.41, 5.74) is 1.27. The lowest BCUT2D eigenvalue weighted by molar-refractivity contribution is -0.122. The fourth-order valence-corrected chi connectivity index (χ4v) is 3.99. The van der Waals surface area contributed by atoms with Crippen LogP contribution in [0, 0.1) is 5.82 Å². The molecule has 0 saturated carbocycles. The number of anilines is 1. The molecule has 0 spiro atoms. The average molecular weight is 408 g/mol. The predicted octanol–water partition coefficient (Wildman–Crippen LogP) is 2.70. The van der Waals surface area contributed by atoms with Crippen LogP contribution >= 0.6 is 0 Å². The summed E-state index contributed by atoms with van der Waals surface area (Å²) in [6, 6.07) is 13.7. The van der Waals surface area contributed by atoms with Gasteiger partial charge in [-0.25, -0.2) is 12.8 Å². The van der Waals surface area contributed by atoms with Crippen molar-refractivity contribution < 1.29 is 22.3 Å². The molecule has 1 atom stereocenters. The minimum Gasteiger partial charge on any atom is -0.375 e. The molecule has 1 N–H and O–H groups in total. The van der Waals surface area contributed by atoms with Crippen molar-refractivity contribution in [1.82, 2.24) is 5.32 Å². The Labute approximate surface area is 165 Å². The summed E-state index contributed by atoms with van der Waals surface area (Å²) in [6.45, 7) is 2.70. The lowest BCUT2D eigenvalue weighted by Gasteiger charge is -2.30. The minimum atomic E-state index is -3.74. The Kier molecular flexibility index (Phi) is 7.95. The van der Waals surface area contributed by atoms with E-state index in [0.717, 1.165) is 28.3 Å². The molecule has 0 heterocycles. The molecule has 0 aliphatic rings. The summed E-state index contributed by atoms with van der Waals surface area (Å²) in [7, 11) is -3.74. The summed E-state index contributed by atoms with van der Waals surface area (Å²) in [4.78, 5) is 12.6. The first-order valence-electron chi connectivity index (χ1n) is 8.97. The fraction of sp³-hybridized carbons (Fsp3) is 0.350. The van der Waals surface area contributed by atoms with Crippen LogP contribution in [-0.4, -0.2) is 39.8 Å². The molecule has 8 heteroatoms. The average Bonchev–Trinajstić information content (AvgIpc) is 2.66. The zero-order chi connectivity index (χ0) is 20.6. The Bertz CT molecular complexity index is 858. The van der Waals surface area contributed by atoms with Gasteiger partial charge in [-0.2, -0.15) is 0 Å². The van der Waals surface area contributed by atoms with Crippen molar-refractivity contribution >= 4 is 21.6 Å². The Morgan fingerprint density at radius 1 is 1.14 bits per heavy atom. The van der Waals surface area contributed by atoms with Gasteiger partial charge in [0.25, 0.3) is 0 Å². The van der Waals surface area contributed by atoms with Crippen molar-refractivity contribution in [3.05, 3.63) is 66.0 Å². The van der Waals surface area contributed by atoms with Gasteiger partial charge in [0.05, 0.1) is 25.2 Å². The van der Waals surface area contributed by atoms with Crippen LogP contribution in [0.3, 0.4) is 0 Å². The second-order valence-corrected chi connectivity index (χ2v) is 8.15. The first-order valence-corrected chi connectivity index (χ1v) is 10.8. The van der Waals surface area contributed by atoms with Gasteiger partial charge in [-0.15, -0.1) is 0 Å². The van der Waals surface area contributed by atoms with Crippen molar-refractivity contribution in [1.29, 1.82) is 0 Å². The highest BCUT2D eigenvalue weighted by Crippen LogP contribution is 2.22. The molecule has 0 fully saturated rings. The van der Waals surface area contributed by atoms with E-state index in [4.69, 9.17) is 4.74 Å². The zero-order valence-electron chi connectivity index (χ0n) is 16.0. The molecule has 2 rings (SSSR count). The molecule has 0 aliphatic heterocycles. The maximum atomic E-state index is 13.2. The molecular formula is C20H25FN2O4S. The Hall–Kier alpha value is -2.45. The highest BCUT2D eigenvalue weighted by atomic mass is 32.2. The molecule has 1 amide bonds. The predicted molar refractivity (Wildman–Crippen MR) is 107 cm³/mol. The van der Waals surface area contributed by atoms with Gasteiger partial charge in [0.1, 0.15) is 11.9 Å². The van der Waals surface area contributed by atoms with E-state index in [1.54, 1.807) is 6.92 Å². The minimum absolute atomic E-state index is 0.242. The normalized spacial score (nSPS) is 12.4. The fourth-order valence-electron chi connectivity index (χ4n) is 2.78. The molecule has 28 heavy (non-hydrogen) atoms. The summed E-state index contributed by atoms with van der Waals surface area (Å²) in [5.74, 6) is -0.911. The van der Waals surface area contributed by atoms with Crippen molar-refractivity contribution in [2.45, 2.75) is 26.0 Å². The molecule has 0 bridgehead atoms. The number of halogens is 1. The van der Waals surface area contributed by atoms with Crippen LogP contribution in [0.1, 0.15) is 18.9 Å². The summed E-state index contributed by atoms with van der Waals surface area (Å²) >= 11 is 0. The highest BCUT2D eigenvalue weighted by molar-refractivity contribution is 7.92.